The maximum absolute atomic E-state index is 13.0. The van der Waals surface area contributed by atoms with Crippen molar-refractivity contribution in [2.24, 2.45) is 16.2 Å². The van der Waals surface area contributed by atoms with Gasteiger partial charge in [-0.15, -0.1) is 0 Å². The molecule has 0 aliphatic heterocycles. The van der Waals surface area contributed by atoms with E-state index >= 15 is 0 Å². The number of rotatable bonds is 13. The van der Waals surface area contributed by atoms with Gasteiger partial charge < -0.3 is 15.3 Å². The van der Waals surface area contributed by atoms with Crippen LogP contribution in [0.15, 0.2) is 106 Å². The molecule has 0 aromatic rings. The van der Waals surface area contributed by atoms with Crippen molar-refractivity contribution in [1.82, 2.24) is 0 Å². The van der Waals surface area contributed by atoms with Gasteiger partial charge in [0.2, 0.25) is 0 Å². The van der Waals surface area contributed by atoms with E-state index in [9.17, 15) is 28.5 Å². The Kier molecular flexibility index (Phi) is 15.4. The molecule has 268 valence electrons. The van der Waals surface area contributed by atoms with Crippen LogP contribution in [0.2, 0.25) is 0 Å². The van der Waals surface area contributed by atoms with E-state index in [2.05, 4.69) is 11.8 Å². The molecule has 2 aliphatic carbocycles. The smallest absolute Gasteiger partial charge is 0.396 e. The lowest BCUT2D eigenvalue weighted by Crippen LogP contribution is -2.41. The molecule has 0 bridgehead atoms. The number of carbonyl (C=O) groups excluding carboxylic acids is 1. The SMILES string of the molecule is CC(C=CC=C(C)C=CC(=O)C1(C)CC(O)CC1(C)CO)=CC=CC=C(C)C=CC=C(C#CC1=C(C)CC(OS(=O)(=O)O)CC1(C)C)CO. The van der Waals surface area contributed by atoms with Gasteiger partial charge >= 0.3 is 10.4 Å². The van der Waals surface area contributed by atoms with E-state index in [1.54, 1.807) is 18.2 Å². The lowest BCUT2D eigenvalue weighted by atomic mass is 9.66. The van der Waals surface area contributed by atoms with Crippen molar-refractivity contribution in [1.29, 1.82) is 0 Å². The molecule has 0 amide bonds. The molecule has 0 spiro atoms. The van der Waals surface area contributed by atoms with Crippen LogP contribution in [0.1, 0.15) is 81.1 Å². The Balaban J connectivity index is 1.98. The molecule has 0 heterocycles. The van der Waals surface area contributed by atoms with Gasteiger partial charge in [-0.3, -0.25) is 9.35 Å². The summed E-state index contributed by atoms with van der Waals surface area (Å²) < 4.78 is 36.2. The van der Waals surface area contributed by atoms with Crippen LogP contribution in [0.5, 0.6) is 0 Å². The molecule has 0 radical (unpaired) electrons. The summed E-state index contributed by atoms with van der Waals surface area (Å²) in [7, 11) is -4.54. The second-order valence-electron chi connectivity index (χ2n) is 14.3. The fourth-order valence-electron chi connectivity index (χ4n) is 6.37. The second-order valence-corrected chi connectivity index (χ2v) is 15.4. The monoisotopic (exact) mass is 694 g/mol. The summed E-state index contributed by atoms with van der Waals surface area (Å²) >= 11 is 0. The standard InChI is InChI=1S/C40H54O8S/c1-29(15-11-16-31(3)19-22-37(44)40(8)25-34(43)24-39(40,7)28-42)13-9-10-14-30(2)17-12-18-33(27-41)20-21-36-32(4)23-35(26-38(36,5)6)48-49(45,46)47/h9-19,22,34-35,41-43H,23-28H2,1-8H3,(H,45,46,47). The largest absolute Gasteiger partial charge is 0.397 e. The van der Waals surface area contributed by atoms with Crippen LogP contribution in [0.3, 0.4) is 0 Å². The molecule has 4 unspecified atom stereocenters. The molecule has 4 N–H and O–H groups in total. The molecular formula is C40H54O8S. The molecule has 1 fully saturated rings. The highest BCUT2D eigenvalue weighted by molar-refractivity contribution is 7.80. The summed E-state index contributed by atoms with van der Waals surface area (Å²) in [5.41, 5.74) is 3.31. The third kappa shape index (κ3) is 12.8. The van der Waals surface area contributed by atoms with Crippen molar-refractivity contribution in [2.75, 3.05) is 13.2 Å². The van der Waals surface area contributed by atoms with Crippen LogP contribution < -0.4 is 0 Å². The van der Waals surface area contributed by atoms with E-state index in [-0.39, 0.29) is 19.0 Å². The highest BCUT2D eigenvalue weighted by Gasteiger charge is 2.55. The van der Waals surface area contributed by atoms with E-state index < -0.39 is 38.9 Å². The zero-order valence-corrected chi connectivity index (χ0v) is 31.0. The molecule has 8 nitrogen and oxygen atoms in total. The fraction of sp³-hybridized carbons (Fsp3) is 0.475. The molecule has 0 aromatic heterocycles. The number of allylic oxidation sites excluding steroid dienone is 16. The molecule has 4 atom stereocenters. The molecule has 0 saturated heterocycles. The first-order valence-electron chi connectivity index (χ1n) is 16.5. The number of hydrogen-bond acceptors (Lipinski definition) is 7. The maximum atomic E-state index is 13.0. The van der Waals surface area contributed by atoms with Crippen LogP contribution in [0.25, 0.3) is 0 Å². The second kappa shape index (κ2) is 18.0. The first kappa shape index (κ1) is 41.8. The van der Waals surface area contributed by atoms with Crippen molar-refractivity contribution >= 4 is 16.2 Å². The van der Waals surface area contributed by atoms with Gasteiger partial charge in [0.25, 0.3) is 0 Å². The number of hydrogen-bond donors (Lipinski definition) is 4. The first-order valence-corrected chi connectivity index (χ1v) is 17.9. The lowest BCUT2D eigenvalue weighted by molar-refractivity contribution is -0.130. The summed E-state index contributed by atoms with van der Waals surface area (Å²) in [5.74, 6) is 6.11. The average molecular weight is 695 g/mol. The Morgan fingerprint density at radius 2 is 1.41 bits per heavy atom. The van der Waals surface area contributed by atoms with Gasteiger partial charge in [0.05, 0.1) is 18.8 Å². The Morgan fingerprint density at radius 1 is 0.857 bits per heavy atom. The highest BCUT2D eigenvalue weighted by atomic mass is 32.3. The van der Waals surface area contributed by atoms with Gasteiger partial charge in [-0.1, -0.05) is 123 Å². The third-order valence-corrected chi connectivity index (χ3v) is 9.92. The van der Waals surface area contributed by atoms with E-state index in [1.807, 2.05) is 110 Å². The normalized spacial score (nSPS) is 27.6. The maximum Gasteiger partial charge on any atom is 0.397 e. The zero-order valence-electron chi connectivity index (χ0n) is 30.2. The van der Waals surface area contributed by atoms with E-state index in [0.717, 1.165) is 27.9 Å². The van der Waals surface area contributed by atoms with Gasteiger partial charge in [0, 0.05) is 34.0 Å². The third-order valence-electron chi connectivity index (χ3n) is 9.41. The predicted molar refractivity (Wildman–Crippen MR) is 196 cm³/mol. The summed E-state index contributed by atoms with van der Waals surface area (Å²) in [5, 5.41) is 29.8. The van der Waals surface area contributed by atoms with Crippen LogP contribution in [0, 0.1) is 28.1 Å². The number of aliphatic hydroxyl groups excluding tert-OH is 3. The fourth-order valence-corrected chi connectivity index (χ4v) is 6.85. The van der Waals surface area contributed by atoms with Gasteiger partial charge in [-0.25, -0.2) is 4.18 Å². The Hall–Kier alpha value is -3.36. The summed E-state index contributed by atoms with van der Waals surface area (Å²) in [6.45, 7) is 14.9. The van der Waals surface area contributed by atoms with Crippen molar-refractivity contribution < 1.29 is 37.3 Å². The Labute approximate surface area is 293 Å². The minimum Gasteiger partial charge on any atom is -0.396 e. The van der Waals surface area contributed by atoms with Crippen molar-refractivity contribution in [3.05, 3.63) is 106 Å². The van der Waals surface area contributed by atoms with Gasteiger partial charge in [-0.2, -0.15) is 8.42 Å². The Morgan fingerprint density at radius 3 is 1.94 bits per heavy atom. The first-order chi connectivity index (χ1) is 22.7. The van der Waals surface area contributed by atoms with Crippen molar-refractivity contribution in [3.8, 4) is 11.8 Å². The molecule has 0 aromatic carbocycles. The average Bonchev–Trinajstić information content (AvgIpc) is 3.23. The van der Waals surface area contributed by atoms with Crippen LogP contribution in [0.4, 0.5) is 0 Å². The number of ketones is 1. The van der Waals surface area contributed by atoms with E-state index in [4.69, 9.17) is 8.74 Å². The van der Waals surface area contributed by atoms with Gasteiger partial charge in [0.15, 0.2) is 5.78 Å². The molecule has 1 saturated carbocycles. The van der Waals surface area contributed by atoms with E-state index in [0.29, 0.717) is 31.3 Å². The summed E-state index contributed by atoms with van der Waals surface area (Å²) in [4.78, 5) is 13.0. The molecule has 2 rings (SSSR count). The molecule has 9 heteroatoms. The Bertz CT molecular complexity index is 1670. The quantitative estimate of drug-likeness (QED) is 0.0698. The lowest BCUT2D eigenvalue weighted by Gasteiger charge is -2.37. The van der Waals surface area contributed by atoms with Crippen LogP contribution in [-0.2, 0) is 19.4 Å². The highest BCUT2D eigenvalue weighted by Crippen LogP contribution is 2.53. The van der Waals surface area contributed by atoms with Crippen molar-refractivity contribution in [2.45, 2.75) is 93.3 Å². The van der Waals surface area contributed by atoms with Crippen LogP contribution in [-0.4, -0.2) is 59.5 Å². The van der Waals surface area contributed by atoms with Crippen molar-refractivity contribution in [3.63, 3.8) is 0 Å². The minimum atomic E-state index is -4.54. The summed E-state index contributed by atoms with van der Waals surface area (Å²) in [6, 6.07) is 0. The molecular weight excluding hydrogens is 640 g/mol. The zero-order chi connectivity index (χ0) is 37.0. The van der Waals surface area contributed by atoms with E-state index in [1.165, 1.54) is 0 Å². The topological polar surface area (TPSA) is 141 Å². The molecule has 49 heavy (non-hydrogen) atoms. The number of aliphatic hydroxyl groups is 3. The predicted octanol–water partition coefficient (Wildman–Crippen LogP) is 7.03. The van der Waals surface area contributed by atoms with Gasteiger partial charge in [-0.05, 0) is 65.5 Å². The minimum absolute atomic E-state index is 0.0868. The van der Waals surface area contributed by atoms with Gasteiger partial charge in [0.1, 0.15) is 0 Å². The number of carbonyl (C=O) groups is 1. The summed E-state index contributed by atoms with van der Waals surface area (Å²) in [6.07, 6.45) is 22.7. The molecule has 2 aliphatic rings. The van der Waals surface area contributed by atoms with Crippen LogP contribution >= 0.6 is 0 Å².